The van der Waals surface area contributed by atoms with Gasteiger partial charge in [-0.25, -0.2) is 0 Å². The van der Waals surface area contributed by atoms with Gasteiger partial charge < -0.3 is 15.5 Å². The highest BCUT2D eigenvalue weighted by atomic mass is 16.2. The zero-order chi connectivity index (χ0) is 17.5. The molecule has 0 aliphatic carbocycles. The molecule has 1 atom stereocenters. The van der Waals surface area contributed by atoms with Crippen LogP contribution in [0.5, 0.6) is 0 Å². The Bertz CT molecular complexity index is 619. The Morgan fingerprint density at radius 3 is 2.67 bits per heavy atom. The molecule has 2 amide bonds. The first-order valence-electron chi connectivity index (χ1n) is 8.31. The number of rotatable bonds is 5. The Kier molecular flexibility index (Phi) is 6.19. The van der Waals surface area contributed by atoms with Crippen LogP contribution in [0.3, 0.4) is 0 Å². The summed E-state index contributed by atoms with van der Waals surface area (Å²) in [6.45, 7) is 5.22. The molecule has 6 nitrogen and oxygen atoms in total. The lowest BCUT2D eigenvalue weighted by atomic mass is 10.0. The van der Waals surface area contributed by atoms with E-state index in [4.69, 9.17) is 5.26 Å². The summed E-state index contributed by atoms with van der Waals surface area (Å²) in [6, 6.07) is 9.09. The summed E-state index contributed by atoms with van der Waals surface area (Å²) < 4.78 is 0. The Labute approximate surface area is 142 Å². The minimum Gasteiger partial charge on any atom is -0.376 e. The predicted octanol–water partition coefficient (Wildman–Crippen LogP) is 1.73. The largest absolute Gasteiger partial charge is 0.376 e. The smallest absolute Gasteiger partial charge is 0.241 e. The summed E-state index contributed by atoms with van der Waals surface area (Å²) in [5.74, 6) is 0.00184. The number of hydrogen-bond acceptors (Lipinski definition) is 4. The van der Waals surface area contributed by atoms with Crippen molar-refractivity contribution in [1.82, 2.24) is 10.2 Å². The molecule has 1 fully saturated rings. The van der Waals surface area contributed by atoms with Crippen LogP contribution < -0.4 is 10.6 Å². The molecular formula is C18H24N4O2. The summed E-state index contributed by atoms with van der Waals surface area (Å²) in [5, 5.41) is 14.9. The minimum atomic E-state index is -0.0471. The van der Waals surface area contributed by atoms with Crippen molar-refractivity contribution in [2.45, 2.75) is 32.7 Å². The van der Waals surface area contributed by atoms with E-state index in [-0.39, 0.29) is 30.3 Å². The molecule has 1 aliphatic heterocycles. The fraction of sp³-hybridized carbons (Fsp3) is 0.500. The number of benzene rings is 1. The van der Waals surface area contributed by atoms with Crippen molar-refractivity contribution in [1.29, 1.82) is 5.26 Å². The van der Waals surface area contributed by atoms with Crippen LogP contribution in [0.25, 0.3) is 0 Å². The molecule has 128 valence electrons. The number of hydrogen-bond donors (Lipinski definition) is 2. The van der Waals surface area contributed by atoms with E-state index in [0.717, 1.165) is 25.1 Å². The number of nitriles is 1. The van der Waals surface area contributed by atoms with Crippen LogP contribution in [-0.4, -0.2) is 42.4 Å². The second-order valence-electron chi connectivity index (χ2n) is 6.38. The van der Waals surface area contributed by atoms with E-state index in [1.807, 2.05) is 13.8 Å². The van der Waals surface area contributed by atoms with Crippen molar-refractivity contribution in [3.63, 3.8) is 0 Å². The maximum atomic E-state index is 12.4. The molecule has 0 spiro atoms. The van der Waals surface area contributed by atoms with Crippen molar-refractivity contribution in [2.75, 3.05) is 25.0 Å². The average molecular weight is 328 g/mol. The maximum absolute atomic E-state index is 12.4. The van der Waals surface area contributed by atoms with Crippen LogP contribution in [0.15, 0.2) is 24.3 Å². The fourth-order valence-corrected chi connectivity index (χ4v) is 2.64. The molecular weight excluding hydrogens is 304 g/mol. The van der Waals surface area contributed by atoms with Gasteiger partial charge in [0.05, 0.1) is 18.2 Å². The van der Waals surface area contributed by atoms with E-state index in [1.165, 1.54) is 0 Å². The number of carbonyl (C=O) groups is 2. The van der Waals surface area contributed by atoms with Gasteiger partial charge in [0.25, 0.3) is 0 Å². The van der Waals surface area contributed by atoms with Crippen molar-refractivity contribution in [3.8, 4) is 6.07 Å². The fourth-order valence-electron chi connectivity index (χ4n) is 2.64. The van der Waals surface area contributed by atoms with Crippen LogP contribution in [0.1, 0.15) is 32.3 Å². The monoisotopic (exact) mass is 328 g/mol. The van der Waals surface area contributed by atoms with E-state index < -0.39 is 0 Å². The highest BCUT2D eigenvalue weighted by molar-refractivity contribution is 5.81. The molecule has 0 aromatic heterocycles. The number of amides is 2. The van der Waals surface area contributed by atoms with E-state index in [1.54, 1.807) is 29.2 Å². The quantitative estimate of drug-likeness (QED) is 0.862. The van der Waals surface area contributed by atoms with Gasteiger partial charge >= 0.3 is 0 Å². The number of likely N-dealkylation sites (tertiary alicyclic amines) is 1. The van der Waals surface area contributed by atoms with Crippen molar-refractivity contribution >= 4 is 17.5 Å². The third-order valence-electron chi connectivity index (χ3n) is 4.10. The highest BCUT2D eigenvalue weighted by Crippen LogP contribution is 2.12. The normalized spacial score (nSPS) is 17.2. The second-order valence-corrected chi connectivity index (χ2v) is 6.38. The lowest BCUT2D eigenvalue weighted by Gasteiger charge is -2.33. The predicted molar refractivity (Wildman–Crippen MR) is 92.2 cm³/mol. The van der Waals surface area contributed by atoms with Gasteiger partial charge in [0, 0.05) is 30.7 Å². The summed E-state index contributed by atoms with van der Waals surface area (Å²) in [7, 11) is 0. The van der Waals surface area contributed by atoms with E-state index in [0.29, 0.717) is 12.1 Å². The molecule has 1 aromatic carbocycles. The summed E-state index contributed by atoms with van der Waals surface area (Å²) >= 11 is 0. The van der Waals surface area contributed by atoms with Crippen molar-refractivity contribution in [3.05, 3.63) is 29.8 Å². The van der Waals surface area contributed by atoms with Crippen LogP contribution >= 0.6 is 0 Å². The molecule has 2 rings (SSSR count). The van der Waals surface area contributed by atoms with Crippen LogP contribution in [0, 0.1) is 17.2 Å². The topological polar surface area (TPSA) is 85.2 Å². The lowest BCUT2D eigenvalue weighted by Crippen LogP contribution is -2.51. The zero-order valence-electron chi connectivity index (χ0n) is 14.2. The van der Waals surface area contributed by atoms with Gasteiger partial charge in [-0.3, -0.25) is 9.59 Å². The Morgan fingerprint density at radius 2 is 2.04 bits per heavy atom. The van der Waals surface area contributed by atoms with Crippen LogP contribution in [0.2, 0.25) is 0 Å². The minimum absolute atomic E-state index is 0.0165. The van der Waals surface area contributed by atoms with Crippen LogP contribution in [-0.2, 0) is 9.59 Å². The van der Waals surface area contributed by atoms with Gasteiger partial charge in [0.1, 0.15) is 0 Å². The number of nitrogens with one attached hydrogen (secondary N) is 2. The molecule has 1 saturated heterocycles. The number of nitrogens with zero attached hydrogens (tertiary/aromatic N) is 2. The third kappa shape index (κ3) is 4.98. The number of anilines is 1. The Morgan fingerprint density at radius 1 is 1.33 bits per heavy atom. The standard InChI is InChI=1S/C18H24N4O2/c1-13(2)18(24)21-16-4-3-9-22(12-16)17(23)11-20-15-7-5-14(10-19)6-8-15/h5-8,13,16,20H,3-4,9,11-12H2,1-2H3,(H,21,24)/t16-/m0/s1. The first-order chi connectivity index (χ1) is 11.5. The van der Waals surface area contributed by atoms with Gasteiger partial charge in [-0.1, -0.05) is 13.8 Å². The van der Waals surface area contributed by atoms with Gasteiger partial charge in [0.2, 0.25) is 11.8 Å². The molecule has 1 aliphatic rings. The van der Waals surface area contributed by atoms with Gasteiger partial charge in [-0.05, 0) is 37.1 Å². The molecule has 6 heteroatoms. The Balaban J connectivity index is 1.82. The summed E-state index contributed by atoms with van der Waals surface area (Å²) in [6.07, 6.45) is 1.80. The molecule has 0 unspecified atom stereocenters. The van der Waals surface area contributed by atoms with E-state index in [2.05, 4.69) is 16.7 Å². The summed E-state index contributed by atoms with van der Waals surface area (Å²) in [4.78, 5) is 26.0. The van der Waals surface area contributed by atoms with Crippen molar-refractivity contribution in [2.24, 2.45) is 5.92 Å². The average Bonchev–Trinajstić information content (AvgIpc) is 2.60. The molecule has 0 saturated carbocycles. The highest BCUT2D eigenvalue weighted by Gasteiger charge is 2.25. The van der Waals surface area contributed by atoms with E-state index in [9.17, 15) is 9.59 Å². The SMILES string of the molecule is CC(C)C(=O)N[C@H]1CCCN(C(=O)CNc2ccc(C#N)cc2)C1. The van der Waals surface area contributed by atoms with Crippen LogP contribution in [0.4, 0.5) is 5.69 Å². The molecule has 0 radical (unpaired) electrons. The first kappa shape index (κ1) is 17.8. The van der Waals surface area contributed by atoms with Gasteiger partial charge in [-0.2, -0.15) is 5.26 Å². The Hall–Kier alpha value is -2.55. The third-order valence-corrected chi connectivity index (χ3v) is 4.10. The van der Waals surface area contributed by atoms with Crippen molar-refractivity contribution < 1.29 is 9.59 Å². The first-order valence-corrected chi connectivity index (χ1v) is 8.31. The molecule has 24 heavy (non-hydrogen) atoms. The molecule has 1 aromatic rings. The molecule has 0 bridgehead atoms. The number of piperidine rings is 1. The maximum Gasteiger partial charge on any atom is 0.241 e. The molecule has 2 N–H and O–H groups in total. The second kappa shape index (κ2) is 8.34. The zero-order valence-corrected chi connectivity index (χ0v) is 14.2. The lowest BCUT2D eigenvalue weighted by molar-refractivity contribution is -0.132. The number of carbonyl (C=O) groups excluding carboxylic acids is 2. The van der Waals surface area contributed by atoms with Gasteiger partial charge in [-0.15, -0.1) is 0 Å². The summed E-state index contributed by atoms with van der Waals surface area (Å²) in [5.41, 5.74) is 1.40. The van der Waals surface area contributed by atoms with Gasteiger partial charge in [0.15, 0.2) is 0 Å². The molecule has 1 heterocycles. The van der Waals surface area contributed by atoms with E-state index >= 15 is 0 Å².